The van der Waals surface area contributed by atoms with Crippen LogP contribution in [0.4, 0.5) is 0 Å². The number of carbonyl (C=O) groups excluding carboxylic acids is 1. The standard InChI is InChI=1S/C14H20N2OS/c1-9(2)13(14(15)18)16-12(17)8-11-6-4-5-10(3)7-11/h4-7,9,13H,8H2,1-3H3,(H2,15,18)(H,16,17). The van der Waals surface area contributed by atoms with Crippen molar-refractivity contribution >= 4 is 23.1 Å². The summed E-state index contributed by atoms with van der Waals surface area (Å²) in [6, 6.07) is 7.67. The molecule has 0 fully saturated rings. The second-order valence-corrected chi connectivity index (χ2v) is 5.33. The van der Waals surface area contributed by atoms with Crippen LogP contribution in [0.2, 0.25) is 0 Å². The molecular weight excluding hydrogens is 244 g/mol. The van der Waals surface area contributed by atoms with E-state index in [4.69, 9.17) is 18.0 Å². The Balaban J connectivity index is 2.63. The summed E-state index contributed by atoms with van der Waals surface area (Å²) in [6.07, 6.45) is 0.355. The Morgan fingerprint density at radius 1 is 1.44 bits per heavy atom. The maximum Gasteiger partial charge on any atom is 0.224 e. The Hall–Kier alpha value is -1.42. The molecule has 0 aromatic heterocycles. The Kier molecular flexibility index (Phi) is 5.28. The average Bonchev–Trinajstić information content (AvgIpc) is 2.25. The van der Waals surface area contributed by atoms with Crippen LogP contribution < -0.4 is 11.1 Å². The molecule has 3 N–H and O–H groups in total. The van der Waals surface area contributed by atoms with Crippen LogP contribution in [0.25, 0.3) is 0 Å². The van der Waals surface area contributed by atoms with Gasteiger partial charge >= 0.3 is 0 Å². The lowest BCUT2D eigenvalue weighted by atomic mass is 10.0. The van der Waals surface area contributed by atoms with Gasteiger partial charge in [-0.25, -0.2) is 0 Å². The highest BCUT2D eigenvalue weighted by molar-refractivity contribution is 7.80. The largest absolute Gasteiger partial charge is 0.392 e. The molecule has 1 aromatic carbocycles. The molecule has 0 aliphatic rings. The number of rotatable bonds is 5. The highest BCUT2D eigenvalue weighted by Gasteiger charge is 2.18. The summed E-state index contributed by atoms with van der Waals surface area (Å²) < 4.78 is 0. The minimum atomic E-state index is -0.239. The summed E-state index contributed by atoms with van der Waals surface area (Å²) >= 11 is 4.96. The quantitative estimate of drug-likeness (QED) is 0.799. The third-order valence-corrected chi connectivity index (χ3v) is 2.99. The summed E-state index contributed by atoms with van der Waals surface area (Å²) in [7, 11) is 0. The van der Waals surface area contributed by atoms with Gasteiger partial charge in [0.1, 0.15) is 0 Å². The molecule has 3 nitrogen and oxygen atoms in total. The first kappa shape index (κ1) is 14.6. The van der Waals surface area contributed by atoms with E-state index in [1.165, 1.54) is 0 Å². The number of nitrogens with one attached hydrogen (secondary N) is 1. The van der Waals surface area contributed by atoms with Gasteiger partial charge in [0.15, 0.2) is 0 Å². The molecule has 0 saturated carbocycles. The number of nitrogens with two attached hydrogens (primary N) is 1. The Morgan fingerprint density at radius 3 is 2.61 bits per heavy atom. The zero-order valence-corrected chi connectivity index (χ0v) is 11.9. The number of hydrogen-bond acceptors (Lipinski definition) is 2. The second kappa shape index (κ2) is 6.50. The lowest BCUT2D eigenvalue weighted by Crippen LogP contribution is -2.47. The van der Waals surface area contributed by atoms with Gasteiger partial charge in [0.05, 0.1) is 17.5 Å². The Morgan fingerprint density at radius 2 is 2.11 bits per heavy atom. The van der Waals surface area contributed by atoms with Crippen molar-refractivity contribution in [3.05, 3.63) is 35.4 Å². The van der Waals surface area contributed by atoms with Crippen LogP contribution >= 0.6 is 12.2 Å². The molecule has 4 heteroatoms. The SMILES string of the molecule is Cc1cccc(CC(=O)NC(C(N)=S)C(C)C)c1. The van der Waals surface area contributed by atoms with E-state index in [0.717, 1.165) is 11.1 Å². The third-order valence-electron chi connectivity index (χ3n) is 2.74. The third kappa shape index (κ3) is 4.45. The molecule has 0 radical (unpaired) electrons. The molecule has 0 aliphatic carbocycles. The summed E-state index contributed by atoms with van der Waals surface area (Å²) in [4.78, 5) is 12.3. The summed E-state index contributed by atoms with van der Waals surface area (Å²) in [5, 5.41) is 2.88. The minimum Gasteiger partial charge on any atom is -0.392 e. The van der Waals surface area contributed by atoms with Gasteiger partial charge in [-0.2, -0.15) is 0 Å². The molecule has 98 valence electrons. The van der Waals surface area contributed by atoms with Crippen LogP contribution in [0.15, 0.2) is 24.3 Å². The molecule has 0 bridgehead atoms. The van der Waals surface area contributed by atoms with Gasteiger partial charge < -0.3 is 11.1 Å². The molecular formula is C14H20N2OS. The van der Waals surface area contributed by atoms with Crippen LogP contribution in [0.1, 0.15) is 25.0 Å². The normalized spacial score (nSPS) is 12.2. The number of hydrogen-bond donors (Lipinski definition) is 2. The van der Waals surface area contributed by atoms with Crippen molar-refractivity contribution in [1.82, 2.24) is 5.32 Å². The molecule has 0 spiro atoms. The van der Waals surface area contributed by atoms with E-state index in [1.54, 1.807) is 0 Å². The van der Waals surface area contributed by atoms with Gasteiger partial charge in [0.25, 0.3) is 0 Å². The summed E-state index contributed by atoms with van der Waals surface area (Å²) in [5.41, 5.74) is 7.77. The number of thiocarbonyl (C=S) groups is 1. The van der Waals surface area contributed by atoms with Crippen LogP contribution in [0.3, 0.4) is 0 Å². The van der Waals surface area contributed by atoms with Crippen LogP contribution in [0.5, 0.6) is 0 Å². The monoisotopic (exact) mass is 264 g/mol. The van der Waals surface area contributed by atoms with Crippen LogP contribution in [0, 0.1) is 12.8 Å². The molecule has 0 heterocycles. The maximum absolute atomic E-state index is 11.9. The van der Waals surface area contributed by atoms with E-state index >= 15 is 0 Å². The maximum atomic E-state index is 11.9. The molecule has 0 aliphatic heterocycles. The lowest BCUT2D eigenvalue weighted by Gasteiger charge is -2.21. The van der Waals surface area contributed by atoms with Gasteiger partial charge in [-0.3, -0.25) is 4.79 Å². The van der Waals surface area contributed by atoms with Gasteiger partial charge in [-0.05, 0) is 18.4 Å². The fraction of sp³-hybridized carbons (Fsp3) is 0.429. The van der Waals surface area contributed by atoms with Gasteiger partial charge in [0.2, 0.25) is 5.91 Å². The van der Waals surface area contributed by atoms with E-state index in [-0.39, 0.29) is 17.9 Å². The predicted octanol–water partition coefficient (Wildman–Crippen LogP) is 1.96. The molecule has 18 heavy (non-hydrogen) atoms. The molecule has 1 unspecified atom stereocenters. The molecule has 1 amide bonds. The van der Waals surface area contributed by atoms with Crippen molar-refractivity contribution in [2.75, 3.05) is 0 Å². The van der Waals surface area contributed by atoms with Crippen molar-refractivity contribution in [3.63, 3.8) is 0 Å². The molecule has 1 aromatic rings. The van der Waals surface area contributed by atoms with Gasteiger partial charge in [0, 0.05) is 0 Å². The minimum absolute atomic E-state index is 0.0490. The highest BCUT2D eigenvalue weighted by Crippen LogP contribution is 2.06. The van der Waals surface area contributed by atoms with Crippen molar-refractivity contribution < 1.29 is 4.79 Å². The molecule has 0 saturated heterocycles. The topological polar surface area (TPSA) is 55.1 Å². The fourth-order valence-electron chi connectivity index (χ4n) is 1.80. The van der Waals surface area contributed by atoms with E-state index in [9.17, 15) is 4.79 Å². The molecule has 1 rings (SSSR count). The second-order valence-electron chi connectivity index (χ2n) is 4.86. The van der Waals surface area contributed by atoms with Crippen LogP contribution in [-0.2, 0) is 11.2 Å². The Labute approximate surface area is 114 Å². The van der Waals surface area contributed by atoms with Gasteiger partial charge in [-0.15, -0.1) is 0 Å². The lowest BCUT2D eigenvalue weighted by molar-refractivity contribution is -0.120. The van der Waals surface area contributed by atoms with Gasteiger partial charge in [-0.1, -0.05) is 55.9 Å². The van der Waals surface area contributed by atoms with Crippen molar-refractivity contribution in [2.24, 2.45) is 11.7 Å². The number of amides is 1. The predicted molar refractivity (Wildman–Crippen MR) is 78.4 cm³/mol. The average molecular weight is 264 g/mol. The van der Waals surface area contributed by atoms with E-state index in [0.29, 0.717) is 11.4 Å². The van der Waals surface area contributed by atoms with Crippen LogP contribution in [-0.4, -0.2) is 16.9 Å². The first-order chi connectivity index (χ1) is 8.40. The zero-order valence-electron chi connectivity index (χ0n) is 11.1. The van der Waals surface area contributed by atoms with Crippen molar-refractivity contribution in [3.8, 4) is 0 Å². The van der Waals surface area contributed by atoms with Crippen molar-refractivity contribution in [2.45, 2.75) is 33.2 Å². The van der Waals surface area contributed by atoms with E-state index < -0.39 is 0 Å². The summed E-state index contributed by atoms with van der Waals surface area (Å²) in [5.74, 6) is 0.149. The zero-order chi connectivity index (χ0) is 13.7. The van der Waals surface area contributed by atoms with E-state index in [2.05, 4.69) is 5.32 Å². The first-order valence-corrected chi connectivity index (χ1v) is 6.45. The van der Waals surface area contributed by atoms with Crippen molar-refractivity contribution in [1.29, 1.82) is 0 Å². The first-order valence-electron chi connectivity index (χ1n) is 6.04. The number of carbonyl (C=O) groups is 1. The molecule has 1 atom stereocenters. The number of benzene rings is 1. The summed E-state index contributed by atoms with van der Waals surface area (Å²) in [6.45, 7) is 5.97. The Bertz CT molecular complexity index is 443. The smallest absolute Gasteiger partial charge is 0.224 e. The highest BCUT2D eigenvalue weighted by atomic mass is 32.1. The fourth-order valence-corrected chi connectivity index (χ4v) is 2.13. The number of aryl methyl sites for hydroxylation is 1. The van der Waals surface area contributed by atoms with E-state index in [1.807, 2.05) is 45.0 Å².